The number of rotatable bonds is 6. The first-order chi connectivity index (χ1) is 13.0. The van der Waals surface area contributed by atoms with Crippen LogP contribution in [-0.4, -0.2) is 28.0 Å². The average molecular weight is 364 g/mol. The predicted molar refractivity (Wildman–Crippen MR) is 105 cm³/mol. The average Bonchev–Trinajstić information content (AvgIpc) is 3.07. The molecule has 0 aliphatic rings. The first-order valence-corrected chi connectivity index (χ1v) is 8.95. The number of para-hydroxylation sites is 1. The topological polar surface area (TPSA) is 69.0 Å². The Morgan fingerprint density at radius 2 is 1.96 bits per heavy atom. The smallest absolute Gasteiger partial charge is 0.278 e. The lowest BCUT2D eigenvalue weighted by atomic mass is 10.1. The number of amides is 1. The molecule has 0 aliphatic heterocycles. The van der Waals surface area contributed by atoms with Crippen molar-refractivity contribution in [3.8, 4) is 5.69 Å². The maximum Gasteiger partial charge on any atom is 0.278 e. The Bertz CT molecular complexity index is 963. The predicted octanol–water partition coefficient (Wildman–Crippen LogP) is 3.85. The number of aromatic nitrogens is 3. The lowest BCUT2D eigenvalue weighted by Gasteiger charge is -2.13. The van der Waals surface area contributed by atoms with E-state index >= 15 is 0 Å². The summed E-state index contributed by atoms with van der Waals surface area (Å²) in [4.78, 5) is 13.0. The van der Waals surface area contributed by atoms with Gasteiger partial charge in [0.25, 0.3) is 5.91 Å². The lowest BCUT2D eigenvalue weighted by molar-refractivity contribution is 0.101. The third-order valence-corrected chi connectivity index (χ3v) is 4.48. The zero-order chi connectivity index (χ0) is 19.4. The SMILES string of the molecule is CCc1cccc(C)c1NC(=O)c1nnn(-c2cccc(C)c2)c1COC. The summed E-state index contributed by atoms with van der Waals surface area (Å²) < 4.78 is 6.96. The van der Waals surface area contributed by atoms with Crippen LogP contribution in [-0.2, 0) is 17.8 Å². The van der Waals surface area contributed by atoms with Crippen LogP contribution in [0, 0.1) is 13.8 Å². The van der Waals surface area contributed by atoms with E-state index in [4.69, 9.17) is 4.74 Å². The molecule has 2 aromatic carbocycles. The van der Waals surface area contributed by atoms with Gasteiger partial charge in [0.2, 0.25) is 0 Å². The Balaban J connectivity index is 1.99. The monoisotopic (exact) mass is 364 g/mol. The second-order valence-electron chi connectivity index (χ2n) is 6.49. The van der Waals surface area contributed by atoms with Crippen molar-refractivity contribution < 1.29 is 9.53 Å². The largest absolute Gasteiger partial charge is 0.378 e. The summed E-state index contributed by atoms with van der Waals surface area (Å²) in [7, 11) is 1.59. The van der Waals surface area contributed by atoms with E-state index in [1.54, 1.807) is 11.8 Å². The van der Waals surface area contributed by atoms with Gasteiger partial charge in [0.05, 0.1) is 12.3 Å². The molecule has 1 aromatic heterocycles. The molecule has 0 spiro atoms. The summed E-state index contributed by atoms with van der Waals surface area (Å²) >= 11 is 0. The van der Waals surface area contributed by atoms with Crippen LogP contribution in [0.25, 0.3) is 5.69 Å². The minimum absolute atomic E-state index is 0.234. The molecule has 0 saturated carbocycles. The second kappa shape index (κ2) is 8.14. The van der Waals surface area contributed by atoms with Gasteiger partial charge in [0, 0.05) is 12.8 Å². The van der Waals surface area contributed by atoms with E-state index in [1.807, 2.05) is 56.3 Å². The lowest BCUT2D eigenvalue weighted by Crippen LogP contribution is -2.17. The summed E-state index contributed by atoms with van der Waals surface area (Å²) in [6.45, 7) is 6.29. The van der Waals surface area contributed by atoms with Gasteiger partial charge in [0.15, 0.2) is 5.69 Å². The van der Waals surface area contributed by atoms with Crippen molar-refractivity contribution in [2.24, 2.45) is 0 Å². The fourth-order valence-electron chi connectivity index (χ4n) is 3.09. The molecule has 27 heavy (non-hydrogen) atoms. The number of ether oxygens (including phenoxy) is 1. The van der Waals surface area contributed by atoms with Crippen molar-refractivity contribution in [1.29, 1.82) is 0 Å². The van der Waals surface area contributed by atoms with E-state index in [-0.39, 0.29) is 18.2 Å². The molecule has 0 atom stereocenters. The van der Waals surface area contributed by atoms with Crippen molar-refractivity contribution in [2.75, 3.05) is 12.4 Å². The molecule has 140 valence electrons. The number of nitrogens with one attached hydrogen (secondary N) is 1. The van der Waals surface area contributed by atoms with Crippen LogP contribution in [0.3, 0.4) is 0 Å². The molecular formula is C21H24N4O2. The van der Waals surface area contributed by atoms with Crippen LogP contribution in [0.5, 0.6) is 0 Å². The molecule has 6 heteroatoms. The molecule has 0 radical (unpaired) electrons. The Morgan fingerprint density at radius 3 is 2.67 bits per heavy atom. The number of methoxy groups -OCH3 is 1. The van der Waals surface area contributed by atoms with Crippen molar-refractivity contribution in [3.63, 3.8) is 0 Å². The number of aryl methyl sites for hydroxylation is 3. The third-order valence-electron chi connectivity index (χ3n) is 4.48. The summed E-state index contributed by atoms with van der Waals surface area (Å²) in [5.41, 5.74) is 5.77. The number of hydrogen-bond acceptors (Lipinski definition) is 4. The summed E-state index contributed by atoms with van der Waals surface area (Å²) in [6.07, 6.45) is 0.832. The molecule has 0 unspecified atom stereocenters. The van der Waals surface area contributed by atoms with Gasteiger partial charge >= 0.3 is 0 Å². The zero-order valence-electron chi connectivity index (χ0n) is 16.1. The van der Waals surface area contributed by atoms with Crippen molar-refractivity contribution in [2.45, 2.75) is 33.8 Å². The van der Waals surface area contributed by atoms with Crippen molar-refractivity contribution in [3.05, 3.63) is 70.5 Å². The van der Waals surface area contributed by atoms with Crippen molar-refractivity contribution in [1.82, 2.24) is 15.0 Å². The first-order valence-electron chi connectivity index (χ1n) is 8.95. The molecule has 0 aliphatic carbocycles. The second-order valence-corrected chi connectivity index (χ2v) is 6.49. The molecule has 6 nitrogen and oxygen atoms in total. The van der Waals surface area contributed by atoms with Crippen LogP contribution in [0.2, 0.25) is 0 Å². The third kappa shape index (κ3) is 3.90. The van der Waals surface area contributed by atoms with Gasteiger partial charge in [-0.05, 0) is 49.1 Å². The van der Waals surface area contributed by atoms with Crippen LogP contribution >= 0.6 is 0 Å². The fraction of sp³-hybridized carbons (Fsp3) is 0.286. The van der Waals surface area contributed by atoms with Crippen LogP contribution in [0.15, 0.2) is 42.5 Å². The van der Waals surface area contributed by atoms with Crippen LogP contribution < -0.4 is 5.32 Å². The fourth-order valence-corrected chi connectivity index (χ4v) is 3.09. The highest BCUT2D eigenvalue weighted by molar-refractivity contribution is 6.04. The molecule has 3 aromatic rings. The summed E-state index contributed by atoms with van der Waals surface area (Å²) in [5, 5.41) is 11.4. The zero-order valence-corrected chi connectivity index (χ0v) is 16.1. The van der Waals surface area contributed by atoms with Gasteiger partial charge in [-0.2, -0.15) is 0 Å². The number of carbonyl (C=O) groups is 1. The summed E-state index contributed by atoms with van der Waals surface area (Å²) in [5.74, 6) is -0.287. The maximum absolute atomic E-state index is 13.0. The Kier molecular flexibility index (Phi) is 5.66. The molecule has 1 amide bonds. The van der Waals surface area contributed by atoms with Gasteiger partial charge < -0.3 is 10.1 Å². The molecule has 0 fully saturated rings. The molecular weight excluding hydrogens is 340 g/mol. The maximum atomic E-state index is 13.0. The Labute approximate surface area is 159 Å². The first kappa shape index (κ1) is 18.8. The number of nitrogens with zero attached hydrogens (tertiary/aromatic N) is 3. The molecule has 0 saturated heterocycles. The quantitative estimate of drug-likeness (QED) is 0.721. The van der Waals surface area contributed by atoms with E-state index in [0.29, 0.717) is 5.69 Å². The van der Waals surface area contributed by atoms with E-state index in [2.05, 4.69) is 22.6 Å². The number of carbonyl (C=O) groups excluding carboxylic acids is 1. The number of hydrogen-bond donors (Lipinski definition) is 1. The Morgan fingerprint density at radius 1 is 1.19 bits per heavy atom. The highest BCUT2D eigenvalue weighted by atomic mass is 16.5. The van der Waals surface area contributed by atoms with Crippen molar-refractivity contribution >= 4 is 11.6 Å². The minimum atomic E-state index is -0.287. The van der Waals surface area contributed by atoms with Gasteiger partial charge in [-0.1, -0.05) is 42.5 Å². The van der Waals surface area contributed by atoms with Gasteiger partial charge in [-0.15, -0.1) is 5.10 Å². The summed E-state index contributed by atoms with van der Waals surface area (Å²) in [6, 6.07) is 13.9. The number of benzene rings is 2. The van der Waals surface area contributed by atoms with Crippen LogP contribution in [0.4, 0.5) is 5.69 Å². The molecule has 0 bridgehead atoms. The van der Waals surface area contributed by atoms with E-state index in [1.165, 1.54) is 0 Å². The van der Waals surface area contributed by atoms with Crippen LogP contribution in [0.1, 0.15) is 39.8 Å². The minimum Gasteiger partial charge on any atom is -0.378 e. The Hall–Kier alpha value is -2.99. The normalized spacial score (nSPS) is 10.8. The number of anilines is 1. The van der Waals surface area contributed by atoms with E-state index < -0.39 is 0 Å². The highest BCUT2D eigenvalue weighted by Crippen LogP contribution is 2.23. The highest BCUT2D eigenvalue weighted by Gasteiger charge is 2.22. The molecule has 1 heterocycles. The van der Waals surface area contributed by atoms with E-state index in [0.717, 1.165) is 34.5 Å². The van der Waals surface area contributed by atoms with E-state index in [9.17, 15) is 4.79 Å². The van der Waals surface area contributed by atoms with Gasteiger partial charge in [-0.3, -0.25) is 4.79 Å². The standard InChI is InChI=1S/C21H24N4O2/c1-5-16-10-7-9-15(3)19(16)22-21(26)20-18(13-27-4)25(24-23-20)17-11-6-8-14(2)12-17/h6-12H,5,13H2,1-4H3,(H,22,26). The molecule has 3 rings (SSSR count). The van der Waals surface area contributed by atoms with Gasteiger partial charge in [0.1, 0.15) is 5.69 Å². The molecule has 1 N–H and O–H groups in total. The van der Waals surface area contributed by atoms with Gasteiger partial charge in [-0.25, -0.2) is 4.68 Å².